The zero-order valence-electron chi connectivity index (χ0n) is 25.0. The Bertz CT molecular complexity index is 967. The Morgan fingerprint density at radius 3 is 2.31 bits per heavy atom. The molecule has 5 fully saturated rings. The third-order valence-corrected chi connectivity index (χ3v) is 12.5. The second kappa shape index (κ2) is 10.8. The zero-order valence-corrected chi connectivity index (χ0v) is 25.0. The van der Waals surface area contributed by atoms with Gasteiger partial charge < -0.3 is 14.0 Å². The number of carbonyl (C=O) groups excluding carboxylic acids is 2. The molecule has 0 radical (unpaired) electrons. The fourth-order valence-electron chi connectivity index (χ4n) is 10.7. The molecule has 0 amide bonds. The lowest BCUT2D eigenvalue weighted by molar-refractivity contribution is -0.940. The number of fused-ring (bicyclic) bond motifs is 5. The molecule has 2 heterocycles. The first-order chi connectivity index (χ1) is 18.7. The molecule has 0 aromatic rings. The average Bonchev–Trinajstić information content (AvgIpc) is 3.21. The first-order valence-corrected chi connectivity index (χ1v) is 16.3. The van der Waals surface area contributed by atoms with Gasteiger partial charge in [-0.25, -0.2) is 0 Å². The zero-order chi connectivity index (χ0) is 27.4. The summed E-state index contributed by atoms with van der Waals surface area (Å²) in [5, 5.41) is 0. The van der Waals surface area contributed by atoms with Crippen molar-refractivity contribution in [2.75, 3.05) is 33.2 Å². The van der Waals surface area contributed by atoms with Gasteiger partial charge in [0.1, 0.15) is 12.1 Å². The first-order valence-electron chi connectivity index (χ1n) is 16.3. The standard InChI is InChI=1S/C33H53N2O4/c1-22(36)38-31-19-24-11-12-26-25(27(24)20-29(31)34-15-7-5-8-16-34)13-14-33(3)28(26)21-30(32(33)39-23(2)37)35(4)17-9-6-10-18-35/h19,25-32H,5-18,20-21H2,1-4H3/q+1/t25?,26?,27?,28?,29?,30?,31-,32+,33+/m1/s1. The summed E-state index contributed by atoms with van der Waals surface area (Å²) in [6, 6.07) is 0.749. The van der Waals surface area contributed by atoms with E-state index in [2.05, 4.69) is 24.9 Å². The molecule has 6 aliphatic rings. The van der Waals surface area contributed by atoms with Gasteiger partial charge in [-0.3, -0.25) is 14.5 Å². The number of esters is 2. The van der Waals surface area contributed by atoms with Gasteiger partial charge in [-0.2, -0.15) is 0 Å². The molecule has 9 atom stereocenters. The molecule has 0 bridgehead atoms. The van der Waals surface area contributed by atoms with Crippen molar-refractivity contribution in [3.8, 4) is 0 Å². The fourth-order valence-corrected chi connectivity index (χ4v) is 10.7. The SMILES string of the molecule is CC(=O)O[C@@H]1C=C2CCC3C(CC[C@@]4(C)C3CC([N+]3(C)CCCCC3)[C@@H]4OC(C)=O)C2CC1N1CCCCC1. The number of piperidine rings is 2. The molecule has 2 saturated heterocycles. The van der Waals surface area contributed by atoms with E-state index in [1.54, 1.807) is 19.4 Å². The van der Waals surface area contributed by atoms with Crippen LogP contribution in [-0.2, 0) is 19.1 Å². The van der Waals surface area contributed by atoms with Crippen LogP contribution in [0.1, 0.15) is 97.8 Å². The molecule has 6 nitrogen and oxygen atoms in total. The highest BCUT2D eigenvalue weighted by atomic mass is 16.5. The lowest BCUT2D eigenvalue weighted by atomic mass is 9.52. The normalized spacial score (nSPS) is 43.8. The van der Waals surface area contributed by atoms with Crippen molar-refractivity contribution in [3.05, 3.63) is 11.6 Å². The summed E-state index contributed by atoms with van der Waals surface area (Å²) < 4.78 is 13.4. The van der Waals surface area contributed by atoms with Crippen LogP contribution in [-0.4, -0.2) is 78.8 Å². The number of hydrogen-bond acceptors (Lipinski definition) is 5. The van der Waals surface area contributed by atoms with Crippen LogP contribution in [0.4, 0.5) is 0 Å². The predicted octanol–water partition coefficient (Wildman–Crippen LogP) is 5.50. The molecule has 2 aliphatic heterocycles. The topological polar surface area (TPSA) is 55.8 Å². The first kappa shape index (κ1) is 27.8. The Kier molecular flexibility index (Phi) is 7.67. The molecule has 0 aromatic carbocycles. The summed E-state index contributed by atoms with van der Waals surface area (Å²) in [7, 11) is 2.46. The number of quaternary nitrogens is 1. The van der Waals surface area contributed by atoms with Crippen LogP contribution < -0.4 is 0 Å². The number of likely N-dealkylation sites (tertiary alicyclic amines) is 2. The van der Waals surface area contributed by atoms with Crippen LogP contribution in [0.5, 0.6) is 0 Å². The van der Waals surface area contributed by atoms with E-state index in [9.17, 15) is 9.59 Å². The minimum absolute atomic E-state index is 0.0433. The van der Waals surface area contributed by atoms with Gasteiger partial charge in [0, 0.05) is 25.7 Å². The molecular formula is C33H53N2O4+. The Hall–Kier alpha value is -1.40. The molecule has 3 saturated carbocycles. The van der Waals surface area contributed by atoms with Crippen LogP contribution in [0.25, 0.3) is 0 Å². The van der Waals surface area contributed by atoms with E-state index >= 15 is 0 Å². The summed E-state index contributed by atoms with van der Waals surface area (Å²) in [4.78, 5) is 27.2. The van der Waals surface area contributed by atoms with Gasteiger partial charge in [-0.1, -0.05) is 18.9 Å². The fraction of sp³-hybridized carbons (Fsp3) is 0.879. The van der Waals surface area contributed by atoms with Gasteiger partial charge >= 0.3 is 11.9 Å². The average molecular weight is 542 g/mol. The van der Waals surface area contributed by atoms with E-state index in [1.807, 2.05) is 0 Å². The number of likely N-dealkylation sites (N-methyl/N-ethyl adjacent to an activating group) is 1. The quantitative estimate of drug-likeness (QED) is 0.267. The number of hydrogen-bond donors (Lipinski definition) is 0. The van der Waals surface area contributed by atoms with E-state index in [-0.39, 0.29) is 29.6 Å². The second-order valence-electron chi connectivity index (χ2n) is 14.7. The minimum Gasteiger partial charge on any atom is -0.457 e. The molecule has 0 spiro atoms. The maximum Gasteiger partial charge on any atom is 0.303 e. The number of allylic oxidation sites excluding steroid dienone is 1. The van der Waals surface area contributed by atoms with E-state index in [4.69, 9.17) is 9.47 Å². The van der Waals surface area contributed by atoms with Crippen molar-refractivity contribution in [2.24, 2.45) is 29.1 Å². The molecule has 218 valence electrons. The lowest BCUT2D eigenvalue weighted by Crippen LogP contribution is -2.60. The second-order valence-corrected chi connectivity index (χ2v) is 14.7. The predicted molar refractivity (Wildman–Crippen MR) is 152 cm³/mol. The summed E-state index contributed by atoms with van der Waals surface area (Å²) in [6.07, 6.45) is 17.2. The van der Waals surface area contributed by atoms with Crippen molar-refractivity contribution in [2.45, 2.75) is 122 Å². The summed E-state index contributed by atoms with van der Waals surface area (Å²) >= 11 is 0. The third kappa shape index (κ3) is 5.00. The van der Waals surface area contributed by atoms with E-state index < -0.39 is 0 Å². The summed E-state index contributed by atoms with van der Waals surface area (Å²) in [5.74, 6) is 2.40. The number of rotatable bonds is 4. The summed E-state index contributed by atoms with van der Waals surface area (Å²) in [5.41, 5.74) is 1.65. The largest absolute Gasteiger partial charge is 0.457 e. The molecule has 0 N–H and O–H groups in total. The highest BCUT2D eigenvalue weighted by molar-refractivity contribution is 5.66. The van der Waals surface area contributed by atoms with E-state index in [0.29, 0.717) is 35.8 Å². The number of nitrogens with zero attached hydrogens (tertiary/aromatic N) is 2. The maximum absolute atomic E-state index is 12.4. The van der Waals surface area contributed by atoms with Crippen molar-refractivity contribution >= 4 is 11.9 Å². The van der Waals surface area contributed by atoms with Crippen LogP contribution in [0.3, 0.4) is 0 Å². The number of carbonyl (C=O) groups is 2. The monoisotopic (exact) mass is 541 g/mol. The lowest BCUT2D eigenvalue weighted by Gasteiger charge is -2.55. The molecular weight excluding hydrogens is 488 g/mol. The van der Waals surface area contributed by atoms with Crippen molar-refractivity contribution in [3.63, 3.8) is 0 Å². The number of ether oxygens (including phenoxy) is 2. The summed E-state index contributed by atoms with van der Waals surface area (Å²) in [6.45, 7) is 10.4. The molecule has 4 aliphatic carbocycles. The van der Waals surface area contributed by atoms with Crippen molar-refractivity contribution in [1.82, 2.24) is 4.90 Å². The Labute approximate surface area is 236 Å². The Morgan fingerprint density at radius 2 is 1.62 bits per heavy atom. The molecule has 6 rings (SSSR count). The van der Waals surface area contributed by atoms with Crippen LogP contribution in [0, 0.1) is 29.1 Å². The minimum atomic E-state index is -0.151. The molecule has 0 aromatic heterocycles. The van der Waals surface area contributed by atoms with Gasteiger partial charge in [-0.05, 0) is 107 Å². The molecule has 6 heteroatoms. The Balaban J connectivity index is 1.28. The van der Waals surface area contributed by atoms with Crippen LogP contribution in [0.2, 0.25) is 0 Å². The molecule has 6 unspecified atom stereocenters. The van der Waals surface area contributed by atoms with Crippen molar-refractivity contribution in [1.29, 1.82) is 0 Å². The van der Waals surface area contributed by atoms with Gasteiger partial charge in [0.15, 0.2) is 6.10 Å². The van der Waals surface area contributed by atoms with Crippen LogP contribution in [0.15, 0.2) is 11.6 Å². The third-order valence-electron chi connectivity index (χ3n) is 12.5. The van der Waals surface area contributed by atoms with E-state index in [0.717, 1.165) is 30.4 Å². The van der Waals surface area contributed by atoms with Gasteiger partial charge in [0.05, 0.1) is 26.2 Å². The van der Waals surface area contributed by atoms with Gasteiger partial charge in [0.25, 0.3) is 0 Å². The van der Waals surface area contributed by atoms with Crippen LogP contribution >= 0.6 is 0 Å². The van der Waals surface area contributed by atoms with E-state index in [1.165, 1.54) is 77.3 Å². The Morgan fingerprint density at radius 1 is 0.923 bits per heavy atom. The highest BCUT2D eigenvalue weighted by Crippen LogP contribution is 2.64. The smallest absolute Gasteiger partial charge is 0.303 e. The van der Waals surface area contributed by atoms with Gasteiger partial charge in [-0.15, -0.1) is 0 Å². The van der Waals surface area contributed by atoms with Gasteiger partial charge in [0.2, 0.25) is 0 Å². The molecule has 39 heavy (non-hydrogen) atoms. The highest BCUT2D eigenvalue weighted by Gasteiger charge is 2.65. The van der Waals surface area contributed by atoms with Crippen molar-refractivity contribution < 1.29 is 23.5 Å². The maximum atomic E-state index is 12.4.